The van der Waals surface area contributed by atoms with Crippen molar-refractivity contribution in [3.8, 4) is 0 Å². The van der Waals surface area contributed by atoms with Crippen LogP contribution in [-0.4, -0.2) is 26.7 Å². The fourth-order valence-corrected chi connectivity index (χ4v) is 3.51. The lowest BCUT2D eigenvalue weighted by atomic mass is 10.0. The minimum Gasteiger partial charge on any atom is -0.397 e. The highest BCUT2D eigenvalue weighted by Gasteiger charge is 2.18. The zero-order valence-corrected chi connectivity index (χ0v) is 14.0. The molecule has 0 aromatic heterocycles. The maximum atomic E-state index is 12.3. The summed E-state index contributed by atoms with van der Waals surface area (Å²) in [6.07, 6.45) is 2.39. The van der Waals surface area contributed by atoms with E-state index in [4.69, 9.17) is 22.4 Å². The smallest absolute Gasteiger partial charge is 0.240 e. The molecule has 0 spiro atoms. The second-order valence-electron chi connectivity index (χ2n) is 5.16. The van der Waals surface area contributed by atoms with Crippen molar-refractivity contribution < 1.29 is 13.5 Å². The number of hydrogen-bond acceptors (Lipinski definition) is 4. The Balaban J connectivity index is 2.86. The van der Waals surface area contributed by atoms with Crippen LogP contribution in [0.3, 0.4) is 0 Å². The molecule has 0 fully saturated rings. The molecule has 0 heterocycles. The van der Waals surface area contributed by atoms with Gasteiger partial charge in [0.05, 0.1) is 15.6 Å². The van der Waals surface area contributed by atoms with Gasteiger partial charge < -0.3 is 10.8 Å². The molecule has 7 heteroatoms. The van der Waals surface area contributed by atoms with Crippen molar-refractivity contribution in [2.45, 2.75) is 38.0 Å². The van der Waals surface area contributed by atoms with Crippen LogP contribution < -0.4 is 10.5 Å². The van der Waals surface area contributed by atoms with Crippen molar-refractivity contribution in [1.29, 1.82) is 0 Å². The molecule has 4 N–H and O–H groups in total. The SMILES string of the molecule is CCCC(CCO)CNS(=O)(=O)c1cc(C)c(Cl)c(N)c1. The summed E-state index contributed by atoms with van der Waals surface area (Å²) in [4.78, 5) is 0.112. The highest BCUT2D eigenvalue weighted by molar-refractivity contribution is 7.89. The molecule has 1 aromatic rings. The number of aliphatic hydroxyl groups excluding tert-OH is 1. The number of anilines is 1. The van der Waals surface area contributed by atoms with Crippen molar-refractivity contribution in [1.82, 2.24) is 4.72 Å². The largest absolute Gasteiger partial charge is 0.397 e. The summed E-state index contributed by atoms with van der Waals surface area (Å²) >= 11 is 5.94. The zero-order valence-electron chi connectivity index (χ0n) is 12.4. The fourth-order valence-electron chi connectivity index (χ4n) is 2.17. The molecular weight excluding hydrogens is 312 g/mol. The molecule has 1 rings (SSSR count). The number of rotatable bonds is 8. The topological polar surface area (TPSA) is 92.4 Å². The summed E-state index contributed by atoms with van der Waals surface area (Å²) in [7, 11) is -3.62. The van der Waals surface area contributed by atoms with E-state index in [1.807, 2.05) is 6.92 Å². The maximum absolute atomic E-state index is 12.3. The fraction of sp³-hybridized carbons (Fsp3) is 0.571. The van der Waals surface area contributed by atoms with Gasteiger partial charge in [0.2, 0.25) is 10.0 Å². The van der Waals surface area contributed by atoms with E-state index in [0.717, 1.165) is 12.8 Å². The summed E-state index contributed by atoms with van der Waals surface area (Å²) in [5.41, 5.74) is 6.58. The number of nitrogens with one attached hydrogen (secondary N) is 1. The van der Waals surface area contributed by atoms with Gasteiger partial charge in [-0.25, -0.2) is 13.1 Å². The number of aryl methyl sites for hydroxylation is 1. The molecule has 0 radical (unpaired) electrons. The Morgan fingerprint density at radius 1 is 1.38 bits per heavy atom. The first-order valence-corrected chi connectivity index (χ1v) is 8.84. The van der Waals surface area contributed by atoms with E-state index in [-0.39, 0.29) is 23.1 Å². The number of benzene rings is 1. The van der Waals surface area contributed by atoms with E-state index in [9.17, 15) is 8.42 Å². The number of nitrogen functional groups attached to an aromatic ring is 1. The lowest BCUT2D eigenvalue weighted by Gasteiger charge is -2.16. The highest BCUT2D eigenvalue weighted by atomic mass is 35.5. The van der Waals surface area contributed by atoms with Gasteiger partial charge in [-0.15, -0.1) is 0 Å². The number of halogens is 1. The predicted octanol–water partition coefficient (Wildman–Crippen LogP) is 2.31. The molecule has 0 aliphatic carbocycles. The van der Waals surface area contributed by atoms with Crippen molar-refractivity contribution in [3.63, 3.8) is 0 Å². The second-order valence-corrected chi connectivity index (χ2v) is 7.31. The van der Waals surface area contributed by atoms with Gasteiger partial charge in [-0.1, -0.05) is 24.9 Å². The highest BCUT2D eigenvalue weighted by Crippen LogP contribution is 2.26. The van der Waals surface area contributed by atoms with Gasteiger partial charge in [-0.05, 0) is 43.4 Å². The van der Waals surface area contributed by atoms with E-state index >= 15 is 0 Å². The third-order valence-electron chi connectivity index (χ3n) is 3.36. The molecule has 0 aliphatic rings. The lowest BCUT2D eigenvalue weighted by Crippen LogP contribution is -2.30. The molecule has 1 aromatic carbocycles. The van der Waals surface area contributed by atoms with Crippen molar-refractivity contribution in [3.05, 3.63) is 22.7 Å². The van der Waals surface area contributed by atoms with Gasteiger partial charge in [0, 0.05) is 13.2 Å². The van der Waals surface area contributed by atoms with Crippen LogP contribution in [0.25, 0.3) is 0 Å². The first kappa shape index (κ1) is 18.2. The summed E-state index contributed by atoms with van der Waals surface area (Å²) < 4.78 is 27.2. The van der Waals surface area contributed by atoms with Gasteiger partial charge >= 0.3 is 0 Å². The quantitative estimate of drug-likeness (QED) is 0.636. The number of hydrogen-bond donors (Lipinski definition) is 3. The molecule has 0 bridgehead atoms. The first-order chi connectivity index (χ1) is 9.81. The van der Waals surface area contributed by atoms with E-state index in [1.165, 1.54) is 12.1 Å². The Labute approximate surface area is 131 Å². The molecule has 1 atom stereocenters. The zero-order chi connectivity index (χ0) is 16.0. The predicted molar refractivity (Wildman–Crippen MR) is 85.9 cm³/mol. The molecule has 0 saturated heterocycles. The molecule has 21 heavy (non-hydrogen) atoms. The van der Waals surface area contributed by atoms with E-state index in [1.54, 1.807) is 6.92 Å². The number of nitrogens with two attached hydrogens (primary N) is 1. The molecule has 0 aliphatic heterocycles. The number of aliphatic hydroxyl groups is 1. The normalized spacial score (nSPS) is 13.3. The third-order valence-corrected chi connectivity index (χ3v) is 5.28. The molecule has 5 nitrogen and oxygen atoms in total. The standard InChI is InChI=1S/C14H23ClN2O3S/c1-3-4-11(5-6-18)9-17-21(19,20)12-7-10(2)14(15)13(16)8-12/h7-8,11,17-18H,3-6,9,16H2,1-2H3. The van der Waals surface area contributed by atoms with Crippen LogP contribution in [0.15, 0.2) is 17.0 Å². The van der Waals surface area contributed by atoms with Crippen LogP contribution in [0.1, 0.15) is 31.7 Å². The van der Waals surface area contributed by atoms with Crippen molar-refractivity contribution >= 4 is 27.3 Å². The Kier molecular flexibility index (Phi) is 6.93. The second kappa shape index (κ2) is 7.98. The maximum Gasteiger partial charge on any atom is 0.240 e. The minimum atomic E-state index is -3.62. The molecule has 120 valence electrons. The van der Waals surface area contributed by atoms with Gasteiger partial charge in [-0.2, -0.15) is 0 Å². The van der Waals surface area contributed by atoms with Gasteiger partial charge in [0.15, 0.2) is 0 Å². The Morgan fingerprint density at radius 2 is 2.05 bits per heavy atom. The van der Waals surface area contributed by atoms with Gasteiger partial charge in [0.25, 0.3) is 0 Å². The molecule has 0 saturated carbocycles. The monoisotopic (exact) mass is 334 g/mol. The van der Waals surface area contributed by atoms with Crippen LogP contribution >= 0.6 is 11.6 Å². The average Bonchev–Trinajstić information content (AvgIpc) is 2.42. The molecular formula is C14H23ClN2O3S. The van der Waals surface area contributed by atoms with Crippen molar-refractivity contribution in [2.24, 2.45) is 5.92 Å². The van der Waals surface area contributed by atoms with Crippen LogP contribution in [0.5, 0.6) is 0 Å². The average molecular weight is 335 g/mol. The first-order valence-electron chi connectivity index (χ1n) is 6.98. The van der Waals surface area contributed by atoms with E-state index < -0.39 is 10.0 Å². The Hall–Kier alpha value is -0.820. The van der Waals surface area contributed by atoms with Crippen LogP contribution in [0.2, 0.25) is 5.02 Å². The number of sulfonamides is 1. The molecule has 0 amide bonds. The van der Waals surface area contributed by atoms with Gasteiger partial charge in [0.1, 0.15) is 0 Å². The Bertz CT molecular complexity index is 547. The van der Waals surface area contributed by atoms with E-state index in [2.05, 4.69) is 4.72 Å². The summed E-state index contributed by atoms with van der Waals surface area (Å²) in [6, 6.07) is 2.86. The van der Waals surface area contributed by atoms with Crippen LogP contribution in [-0.2, 0) is 10.0 Å². The van der Waals surface area contributed by atoms with Gasteiger partial charge in [-0.3, -0.25) is 0 Å². The van der Waals surface area contributed by atoms with Crippen molar-refractivity contribution in [2.75, 3.05) is 18.9 Å². The van der Waals surface area contributed by atoms with Crippen LogP contribution in [0.4, 0.5) is 5.69 Å². The summed E-state index contributed by atoms with van der Waals surface area (Å²) in [5.74, 6) is 0.125. The summed E-state index contributed by atoms with van der Waals surface area (Å²) in [5, 5.41) is 9.38. The lowest BCUT2D eigenvalue weighted by molar-refractivity contribution is 0.251. The van der Waals surface area contributed by atoms with Crippen LogP contribution in [0, 0.1) is 12.8 Å². The third kappa shape index (κ3) is 5.14. The minimum absolute atomic E-state index is 0.0550. The molecule has 1 unspecified atom stereocenters. The Morgan fingerprint density at radius 3 is 2.57 bits per heavy atom. The summed E-state index contributed by atoms with van der Waals surface area (Å²) in [6.45, 7) is 4.10. The van der Waals surface area contributed by atoms with E-state index in [0.29, 0.717) is 23.6 Å².